The molecule has 5 heteroatoms. The first-order valence-corrected chi connectivity index (χ1v) is 7.57. The lowest BCUT2D eigenvalue weighted by Crippen LogP contribution is -2.11. The van der Waals surface area contributed by atoms with Crippen molar-refractivity contribution >= 4 is 11.9 Å². The van der Waals surface area contributed by atoms with Gasteiger partial charge < -0.3 is 19.5 Å². The summed E-state index contributed by atoms with van der Waals surface area (Å²) in [6, 6.07) is 10.5. The summed E-state index contributed by atoms with van der Waals surface area (Å²) in [7, 11) is 5.38. The van der Waals surface area contributed by atoms with Crippen molar-refractivity contribution in [1.82, 2.24) is 4.90 Å². The van der Waals surface area contributed by atoms with E-state index in [1.54, 1.807) is 19.3 Å². The van der Waals surface area contributed by atoms with Gasteiger partial charge in [-0.25, -0.2) is 0 Å². The number of allylic oxidation sites excluding steroid dienone is 1. The maximum absolute atomic E-state index is 12.6. The van der Waals surface area contributed by atoms with Crippen LogP contribution in [0.2, 0.25) is 0 Å². The lowest BCUT2D eigenvalue weighted by molar-refractivity contribution is 0.101. The van der Waals surface area contributed by atoms with Gasteiger partial charge in [0.2, 0.25) is 5.78 Å². The molecular formula is C19H19NO4. The van der Waals surface area contributed by atoms with Crippen molar-refractivity contribution in [2.24, 2.45) is 0 Å². The van der Waals surface area contributed by atoms with Crippen molar-refractivity contribution < 1.29 is 19.4 Å². The molecule has 1 heterocycles. The molecule has 0 spiro atoms. The average molecular weight is 325 g/mol. The Balaban J connectivity index is 1.99. The molecule has 5 nitrogen and oxygen atoms in total. The second kappa shape index (κ2) is 6.37. The van der Waals surface area contributed by atoms with E-state index in [4.69, 9.17) is 9.47 Å². The molecule has 0 fully saturated rings. The van der Waals surface area contributed by atoms with Gasteiger partial charge in [-0.2, -0.15) is 0 Å². The van der Waals surface area contributed by atoms with Crippen LogP contribution in [0.3, 0.4) is 0 Å². The van der Waals surface area contributed by atoms with Crippen molar-refractivity contribution in [2.75, 3.05) is 21.2 Å². The lowest BCUT2D eigenvalue weighted by atomic mass is 10.0. The number of phenols is 1. The van der Waals surface area contributed by atoms with Gasteiger partial charge in [0, 0.05) is 6.54 Å². The third kappa shape index (κ3) is 2.98. The summed E-state index contributed by atoms with van der Waals surface area (Å²) in [5, 5.41) is 10.1. The first-order chi connectivity index (χ1) is 11.5. The average Bonchev–Trinajstić information content (AvgIpc) is 2.87. The maximum atomic E-state index is 12.6. The molecule has 2 aromatic rings. The van der Waals surface area contributed by atoms with Crippen LogP contribution in [0.15, 0.2) is 42.2 Å². The van der Waals surface area contributed by atoms with Crippen LogP contribution in [0.1, 0.15) is 21.5 Å². The summed E-state index contributed by atoms with van der Waals surface area (Å²) in [6.45, 7) is 0.481. The Kier molecular flexibility index (Phi) is 4.27. The van der Waals surface area contributed by atoms with Crippen LogP contribution in [0, 0.1) is 0 Å². The molecule has 24 heavy (non-hydrogen) atoms. The van der Waals surface area contributed by atoms with Gasteiger partial charge in [0.25, 0.3) is 0 Å². The number of phenolic OH excluding ortho intramolecular Hbond substituents is 1. The van der Waals surface area contributed by atoms with Crippen molar-refractivity contribution in [3.05, 3.63) is 58.8 Å². The summed E-state index contributed by atoms with van der Waals surface area (Å²) >= 11 is 0. The fourth-order valence-corrected chi connectivity index (χ4v) is 2.65. The molecule has 0 unspecified atom stereocenters. The minimum absolute atomic E-state index is 0.123. The number of ketones is 1. The largest absolute Gasteiger partial charge is 0.507 e. The monoisotopic (exact) mass is 325 g/mol. The molecule has 0 saturated carbocycles. The van der Waals surface area contributed by atoms with E-state index in [1.807, 2.05) is 43.3 Å². The van der Waals surface area contributed by atoms with E-state index in [1.165, 1.54) is 6.07 Å². The quantitative estimate of drug-likeness (QED) is 0.876. The van der Waals surface area contributed by atoms with Crippen LogP contribution in [-0.4, -0.2) is 37.0 Å². The molecule has 0 amide bonds. The molecule has 0 bridgehead atoms. The second-order valence-corrected chi connectivity index (χ2v) is 5.89. The van der Waals surface area contributed by atoms with Crippen molar-refractivity contribution in [3.63, 3.8) is 0 Å². The molecular weight excluding hydrogens is 306 g/mol. The van der Waals surface area contributed by atoms with Crippen LogP contribution in [0.4, 0.5) is 0 Å². The van der Waals surface area contributed by atoms with Gasteiger partial charge in [0.05, 0.1) is 18.2 Å². The Labute approximate surface area is 140 Å². The number of carbonyl (C=O) groups is 1. The summed E-state index contributed by atoms with van der Waals surface area (Å²) in [6.07, 6.45) is 1.68. The van der Waals surface area contributed by atoms with E-state index in [0.29, 0.717) is 29.2 Å². The van der Waals surface area contributed by atoms with E-state index in [2.05, 4.69) is 0 Å². The third-order valence-corrected chi connectivity index (χ3v) is 3.78. The molecule has 3 rings (SSSR count). The van der Waals surface area contributed by atoms with Crippen LogP contribution < -0.4 is 9.47 Å². The van der Waals surface area contributed by atoms with Gasteiger partial charge in [-0.15, -0.1) is 0 Å². The zero-order valence-corrected chi connectivity index (χ0v) is 13.9. The highest BCUT2D eigenvalue weighted by atomic mass is 16.5. The van der Waals surface area contributed by atoms with Crippen LogP contribution in [0.25, 0.3) is 6.08 Å². The predicted molar refractivity (Wildman–Crippen MR) is 91.4 cm³/mol. The summed E-state index contributed by atoms with van der Waals surface area (Å²) in [5.41, 5.74) is 1.89. The predicted octanol–water partition coefficient (Wildman–Crippen LogP) is 3.08. The molecule has 0 aromatic heterocycles. The van der Waals surface area contributed by atoms with E-state index in [9.17, 15) is 9.90 Å². The first kappa shape index (κ1) is 16.1. The second-order valence-electron chi connectivity index (χ2n) is 5.89. The number of nitrogens with zero attached hydrogens (tertiary/aromatic N) is 1. The third-order valence-electron chi connectivity index (χ3n) is 3.78. The molecule has 1 aliphatic heterocycles. The highest BCUT2D eigenvalue weighted by molar-refractivity contribution is 6.15. The normalized spacial score (nSPS) is 14.8. The highest BCUT2D eigenvalue weighted by Crippen LogP contribution is 2.40. The molecule has 0 saturated heterocycles. The Morgan fingerprint density at radius 2 is 2.04 bits per heavy atom. The van der Waals surface area contributed by atoms with Gasteiger partial charge >= 0.3 is 0 Å². The lowest BCUT2D eigenvalue weighted by Gasteiger charge is -2.14. The minimum Gasteiger partial charge on any atom is -0.507 e. The van der Waals surface area contributed by atoms with Gasteiger partial charge in [-0.05, 0) is 50.0 Å². The smallest absolute Gasteiger partial charge is 0.231 e. The SMILES string of the molecule is COc1cccc(C=C2Oc3c(ccc(O)c3CN(C)C)C2=O)c1. The molecule has 1 aliphatic rings. The van der Waals surface area contributed by atoms with Gasteiger partial charge in [-0.3, -0.25) is 4.79 Å². The van der Waals surface area contributed by atoms with Crippen LogP contribution >= 0.6 is 0 Å². The Morgan fingerprint density at radius 3 is 2.75 bits per heavy atom. The molecule has 0 radical (unpaired) electrons. The van der Waals surface area contributed by atoms with Crippen LogP contribution in [-0.2, 0) is 6.54 Å². The molecule has 2 aromatic carbocycles. The summed E-state index contributed by atoms with van der Waals surface area (Å²) in [5.74, 6) is 1.32. The number of rotatable bonds is 4. The topological polar surface area (TPSA) is 59.0 Å². The summed E-state index contributed by atoms with van der Waals surface area (Å²) in [4.78, 5) is 14.5. The zero-order valence-electron chi connectivity index (χ0n) is 13.9. The Morgan fingerprint density at radius 1 is 1.25 bits per heavy atom. The number of hydrogen-bond donors (Lipinski definition) is 1. The number of ether oxygens (including phenoxy) is 2. The van der Waals surface area contributed by atoms with E-state index >= 15 is 0 Å². The number of carbonyl (C=O) groups excluding carboxylic acids is 1. The molecule has 0 atom stereocenters. The number of fused-ring (bicyclic) bond motifs is 1. The number of methoxy groups -OCH3 is 1. The van der Waals surface area contributed by atoms with E-state index in [0.717, 1.165) is 5.56 Å². The Hall–Kier alpha value is -2.79. The van der Waals surface area contributed by atoms with Crippen molar-refractivity contribution in [1.29, 1.82) is 0 Å². The highest BCUT2D eigenvalue weighted by Gasteiger charge is 2.31. The van der Waals surface area contributed by atoms with Gasteiger partial charge in [0.1, 0.15) is 17.2 Å². The number of benzene rings is 2. The fourth-order valence-electron chi connectivity index (χ4n) is 2.65. The van der Waals surface area contributed by atoms with E-state index < -0.39 is 0 Å². The summed E-state index contributed by atoms with van der Waals surface area (Å²) < 4.78 is 11.0. The molecule has 0 aliphatic carbocycles. The zero-order chi connectivity index (χ0) is 17.3. The van der Waals surface area contributed by atoms with Gasteiger partial charge in [0.15, 0.2) is 5.76 Å². The van der Waals surface area contributed by atoms with Crippen molar-refractivity contribution in [2.45, 2.75) is 6.54 Å². The van der Waals surface area contributed by atoms with Crippen molar-refractivity contribution in [3.8, 4) is 17.2 Å². The van der Waals surface area contributed by atoms with Gasteiger partial charge in [-0.1, -0.05) is 12.1 Å². The number of Topliss-reactive ketones (excluding diaryl/α,β-unsaturated/α-hetero) is 1. The standard InChI is InChI=1S/C19H19NO4/c1-20(2)11-15-16(21)8-7-14-18(22)17(24-19(14)15)10-12-5-4-6-13(9-12)23-3/h4-10,21H,11H2,1-3H3. The number of aromatic hydroxyl groups is 1. The first-order valence-electron chi connectivity index (χ1n) is 7.57. The number of hydrogen-bond acceptors (Lipinski definition) is 5. The van der Waals surface area contributed by atoms with E-state index in [-0.39, 0.29) is 17.3 Å². The molecule has 1 N–H and O–H groups in total. The minimum atomic E-state index is -0.187. The molecule has 124 valence electrons. The fraction of sp³-hybridized carbons (Fsp3) is 0.211. The maximum Gasteiger partial charge on any atom is 0.231 e. The van der Waals surface area contributed by atoms with Crippen LogP contribution in [0.5, 0.6) is 17.2 Å². The Bertz CT molecular complexity index is 824.